The van der Waals surface area contributed by atoms with Gasteiger partial charge in [-0.05, 0) is 48.6 Å². The van der Waals surface area contributed by atoms with Gasteiger partial charge in [0.05, 0.1) is 25.4 Å². The van der Waals surface area contributed by atoms with Crippen molar-refractivity contribution >= 4 is 0 Å². The number of aliphatic hydroxyl groups is 2. The molecule has 2 aromatic rings. The van der Waals surface area contributed by atoms with E-state index in [0.29, 0.717) is 38.1 Å². The first kappa shape index (κ1) is 26.8. The van der Waals surface area contributed by atoms with E-state index < -0.39 is 12.2 Å². The third kappa shape index (κ3) is 11.1. The van der Waals surface area contributed by atoms with Crippen LogP contribution in [0.25, 0.3) is 0 Å². The number of hydrogen-bond acceptors (Lipinski definition) is 6. The van der Waals surface area contributed by atoms with Crippen LogP contribution in [0.4, 0.5) is 0 Å². The molecule has 0 radical (unpaired) electrons. The fraction of sp³-hybridized carbons (Fsp3) is 0.571. The maximum atomic E-state index is 10.1. The Morgan fingerprint density at radius 3 is 1.41 bits per heavy atom. The first-order valence-corrected chi connectivity index (χ1v) is 12.7. The average Bonchev–Trinajstić information content (AvgIpc) is 2.86. The van der Waals surface area contributed by atoms with Crippen LogP contribution < -0.4 is 10.6 Å². The Bertz CT molecular complexity index is 688. The summed E-state index contributed by atoms with van der Waals surface area (Å²) in [6.45, 7) is 4.77. The molecule has 6 nitrogen and oxygen atoms in total. The van der Waals surface area contributed by atoms with Gasteiger partial charge in [-0.15, -0.1) is 0 Å². The zero-order valence-electron chi connectivity index (χ0n) is 20.3. The average molecular weight is 471 g/mol. The smallest absolute Gasteiger partial charge is 0.0897 e. The summed E-state index contributed by atoms with van der Waals surface area (Å²) in [7, 11) is 0. The van der Waals surface area contributed by atoms with E-state index in [1.807, 2.05) is 36.4 Å². The van der Waals surface area contributed by atoms with Gasteiger partial charge in [0.15, 0.2) is 0 Å². The Morgan fingerprint density at radius 1 is 0.647 bits per heavy atom. The van der Waals surface area contributed by atoms with Crippen molar-refractivity contribution in [1.82, 2.24) is 10.6 Å². The molecule has 1 aliphatic carbocycles. The zero-order chi connectivity index (χ0) is 23.8. The number of ether oxygens (including phenoxy) is 2. The van der Waals surface area contributed by atoms with Crippen molar-refractivity contribution in [2.75, 3.05) is 39.5 Å². The Labute approximate surface area is 204 Å². The van der Waals surface area contributed by atoms with Crippen LogP contribution in [0, 0.1) is 11.8 Å². The summed E-state index contributed by atoms with van der Waals surface area (Å²) in [5.74, 6) is 1.13. The van der Waals surface area contributed by atoms with Crippen LogP contribution in [0.1, 0.15) is 36.8 Å². The molecule has 0 spiro atoms. The van der Waals surface area contributed by atoms with Gasteiger partial charge >= 0.3 is 0 Å². The summed E-state index contributed by atoms with van der Waals surface area (Å²) < 4.78 is 11.6. The molecule has 6 heteroatoms. The van der Waals surface area contributed by atoms with Gasteiger partial charge in [0.1, 0.15) is 0 Å². The Morgan fingerprint density at radius 2 is 1.03 bits per heavy atom. The highest BCUT2D eigenvalue weighted by molar-refractivity contribution is 5.14. The van der Waals surface area contributed by atoms with Crippen molar-refractivity contribution in [3.8, 4) is 0 Å². The summed E-state index contributed by atoms with van der Waals surface area (Å²) >= 11 is 0. The van der Waals surface area contributed by atoms with Gasteiger partial charge in [0.25, 0.3) is 0 Å². The van der Waals surface area contributed by atoms with E-state index in [0.717, 1.165) is 52.0 Å². The maximum absolute atomic E-state index is 10.1. The van der Waals surface area contributed by atoms with Crippen molar-refractivity contribution < 1.29 is 19.7 Å². The van der Waals surface area contributed by atoms with Crippen LogP contribution in [0.15, 0.2) is 60.7 Å². The highest BCUT2D eigenvalue weighted by atomic mass is 16.5. The van der Waals surface area contributed by atoms with Crippen LogP contribution in [-0.4, -0.2) is 61.9 Å². The summed E-state index contributed by atoms with van der Waals surface area (Å²) in [4.78, 5) is 0. The Kier molecular flexibility index (Phi) is 12.6. The van der Waals surface area contributed by atoms with E-state index in [2.05, 4.69) is 34.9 Å². The molecule has 1 aliphatic rings. The Balaban J connectivity index is 1.15. The third-order valence-corrected chi connectivity index (χ3v) is 6.40. The van der Waals surface area contributed by atoms with Crippen LogP contribution >= 0.6 is 0 Å². The molecule has 0 amide bonds. The number of benzene rings is 2. The normalized spacial score (nSPS) is 20.2. The summed E-state index contributed by atoms with van der Waals surface area (Å²) in [5, 5.41) is 26.8. The van der Waals surface area contributed by atoms with Gasteiger partial charge in [-0.3, -0.25) is 0 Å². The lowest BCUT2D eigenvalue weighted by Crippen LogP contribution is -2.32. The zero-order valence-corrected chi connectivity index (χ0v) is 20.3. The molecule has 2 atom stereocenters. The molecule has 1 saturated carbocycles. The monoisotopic (exact) mass is 470 g/mol. The van der Waals surface area contributed by atoms with Gasteiger partial charge in [0.2, 0.25) is 0 Å². The second-order valence-corrected chi connectivity index (χ2v) is 9.50. The van der Waals surface area contributed by atoms with Crippen LogP contribution in [0.5, 0.6) is 0 Å². The second kappa shape index (κ2) is 16.0. The van der Waals surface area contributed by atoms with Crippen molar-refractivity contribution in [3.63, 3.8) is 0 Å². The molecule has 0 unspecified atom stereocenters. The summed E-state index contributed by atoms with van der Waals surface area (Å²) in [6.07, 6.45) is 3.58. The van der Waals surface area contributed by atoms with Crippen molar-refractivity contribution in [3.05, 3.63) is 71.8 Å². The Hall–Kier alpha value is -1.80. The lowest BCUT2D eigenvalue weighted by molar-refractivity contribution is -0.00292. The quantitative estimate of drug-likeness (QED) is 0.302. The molecule has 3 rings (SSSR count). The van der Waals surface area contributed by atoms with Crippen molar-refractivity contribution in [2.45, 2.75) is 51.0 Å². The van der Waals surface area contributed by atoms with Crippen molar-refractivity contribution in [1.29, 1.82) is 0 Å². The fourth-order valence-corrected chi connectivity index (χ4v) is 4.38. The minimum absolute atomic E-state index is 0.376. The minimum Gasteiger partial charge on any atom is -0.389 e. The van der Waals surface area contributed by atoms with Crippen LogP contribution in [0.2, 0.25) is 0 Å². The molecule has 1 fully saturated rings. The van der Waals surface area contributed by atoms with Crippen LogP contribution in [-0.2, 0) is 22.6 Å². The molecule has 0 saturated heterocycles. The second-order valence-electron chi connectivity index (χ2n) is 9.50. The lowest BCUT2D eigenvalue weighted by atomic mass is 9.83. The lowest BCUT2D eigenvalue weighted by Gasteiger charge is -2.28. The van der Waals surface area contributed by atoms with E-state index in [4.69, 9.17) is 9.47 Å². The van der Waals surface area contributed by atoms with Crippen molar-refractivity contribution in [2.24, 2.45) is 11.8 Å². The first-order valence-electron chi connectivity index (χ1n) is 12.7. The fourth-order valence-electron chi connectivity index (χ4n) is 4.38. The minimum atomic E-state index is -0.484. The summed E-state index contributed by atoms with van der Waals surface area (Å²) in [6, 6.07) is 20.4. The molecule has 0 aliphatic heterocycles. The van der Waals surface area contributed by atoms with E-state index in [1.54, 1.807) is 0 Å². The molecule has 0 aromatic heterocycles. The molecule has 0 heterocycles. The van der Waals surface area contributed by atoms with E-state index in [-0.39, 0.29) is 0 Å². The highest BCUT2D eigenvalue weighted by Crippen LogP contribution is 2.29. The number of hydrogen-bond donors (Lipinski definition) is 4. The summed E-state index contributed by atoms with van der Waals surface area (Å²) in [5.41, 5.74) is 2.43. The molecule has 0 bridgehead atoms. The van der Waals surface area contributed by atoms with E-state index in [9.17, 15) is 10.2 Å². The predicted octanol–water partition coefficient (Wildman–Crippen LogP) is 3.13. The van der Waals surface area contributed by atoms with Gasteiger partial charge in [-0.1, -0.05) is 60.7 Å². The number of nitrogens with one attached hydrogen (secondary N) is 2. The van der Waals surface area contributed by atoms with E-state index in [1.165, 1.54) is 11.1 Å². The van der Waals surface area contributed by atoms with Crippen LogP contribution in [0.3, 0.4) is 0 Å². The topological polar surface area (TPSA) is 83.0 Å². The van der Waals surface area contributed by atoms with Gasteiger partial charge in [-0.2, -0.15) is 0 Å². The molecule has 2 aromatic carbocycles. The molecule has 34 heavy (non-hydrogen) atoms. The van der Waals surface area contributed by atoms with Gasteiger partial charge < -0.3 is 30.3 Å². The SMILES string of the molecule is O[C@H](CNCc1ccccc1)COCC1CCC(COC[C@H](O)CNCc2ccccc2)CC1. The largest absolute Gasteiger partial charge is 0.389 e. The molecule has 4 N–H and O–H groups in total. The van der Waals surface area contributed by atoms with Gasteiger partial charge in [-0.25, -0.2) is 0 Å². The molecular weight excluding hydrogens is 428 g/mol. The van der Waals surface area contributed by atoms with Gasteiger partial charge in [0, 0.05) is 39.4 Å². The van der Waals surface area contributed by atoms with E-state index >= 15 is 0 Å². The number of aliphatic hydroxyl groups excluding tert-OH is 2. The predicted molar refractivity (Wildman–Crippen MR) is 135 cm³/mol. The first-order chi connectivity index (χ1) is 16.7. The maximum Gasteiger partial charge on any atom is 0.0897 e. The number of rotatable bonds is 16. The third-order valence-electron chi connectivity index (χ3n) is 6.40. The highest BCUT2D eigenvalue weighted by Gasteiger charge is 2.22. The molecular formula is C28H42N2O4. The molecule has 188 valence electrons. The standard InChI is InChI=1S/C28H42N2O4/c31-27(17-29-15-23-7-3-1-4-8-23)21-33-19-25-11-13-26(14-12-25)20-34-22-28(32)18-30-16-24-9-5-2-6-10-24/h1-10,25-32H,11-22H2/t25?,26?,27-,28-/m1/s1.